The summed E-state index contributed by atoms with van der Waals surface area (Å²) < 4.78 is 8.17. The summed E-state index contributed by atoms with van der Waals surface area (Å²) in [5.74, 6) is 0.512. The van der Waals surface area contributed by atoms with E-state index in [1.807, 2.05) is 63.2 Å². The molecule has 216 valence electrons. The third-order valence-electron chi connectivity index (χ3n) is 8.39. The molecule has 0 unspecified atom stereocenters. The molecule has 1 saturated heterocycles. The van der Waals surface area contributed by atoms with E-state index >= 15 is 0 Å². The van der Waals surface area contributed by atoms with Crippen molar-refractivity contribution >= 4 is 39.8 Å². The fourth-order valence-corrected chi connectivity index (χ4v) is 7.24. The number of allylic oxidation sites excluding steroid dienone is 1. The van der Waals surface area contributed by atoms with Gasteiger partial charge in [0.2, 0.25) is 0 Å². The molecule has 0 aliphatic carbocycles. The third kappa shape index (κ3) is 4.83. The summed E-state index contributed by atoms with van der Waals surface area (Å²) in [5, 5.41) is 1.95. The molecule has 0 spiro atoms. The van der Waals surface area contributed by atoms with Gasteiger partial charge in [0.1, 0.15) is 11.8 Å². The molecule has 0 N–H and O–H groups in total. The lowest BCUT2D eigenvalue weighted by Gasteiger charge is -2.30. The average molecular weight is 581 g/mol. The molecule has 0 bridgehead atoms. The molecule has 0 saturated carbocycles. The summed E-state index contributed by atoms with van der Waals surface area (Å²) in [5.41, 5.74) is 3.92. The van der Waals surface area contributed by atoms with E-state index in [1.165, 1.54) is 29.9 Å². The topological polar surface area (TPSA) is 67.1 Å². The summed E-state index contributed by atoms with van der Waals surface area (Å²) in [7, 11) is 1.63. The van der Waals surface area contributed by atoms with Gasteiger partial charge in [0, 0.05) is 37.4 Å². The van der Waals surface area contributed by atoms with E-state index in [4.69, 9.17) is 9.73 Å². The van der Waals surface area contributed by atoms with Crippen LogP contribution in [0, 0.1) is 0 Å². The molecule has 2 aliphatic rings. The Bertz CT molecular complexity index is 1860. The van der Waals surface area contributed by atoms with E-state index in [0.717, 1.165) is 35.0 Å². The molecule has 1 amide bonds. The molecule has 0 radical (unpaired) electrons. The Labute approximate surface area is 249 Å². The first-order valence-corrected chi connectivity index (χ1v) is 15.5. The monoisotopic (exact) mass is 580 g/mol. The Morgan fingerprint density at radius 3 is 2.45 bits per heavy atom. The Morgan fingerprint density at radius 2 is 1.76 bits per heavy atom. The number of rotatable bonds is 7. The van der Waals surface area contributed by atoms with E-state index in [2.05, 4.69) is 29.2 Å². The number of carbonyl (C=O) groups excluding carboxylic acids is 1. The largest absolute Gasteiger partial charge is 0.496 e. The SMILES string of the molecule is CCN(CC)C(=O)C1=C(C)N=c2s/c(=C\c3ccc(N4CCCC4)cc3)c(=O)n2[C@@H]1c1c(OC)ccc2ccccc12. The Hall–Kier alpha value is -4.17. The molecule has 6 rings (SSSR count). The predicted octanol–water partition coefficient (Wildman–Crippen LogP) is 4.87. The maximum Gasteiger partial charge on any atom is 0.271 e. The lowest BCUT2D eigenvalue weighted by molar-refractivity contribution is -0.127. The molecule has 42 heavy (non-hydrogen) atoms. The summed E-state index contributed by atoms with van der Waals surface area (Å²) in [6, 6.07) is 19.7. The van der Waals surface area contributed by atoms with Crippen LogP contribution in [0.15, 0.2) is 81.7 Å². The quantitative estimate of drug-likeness (QED) is 0.313. The zero-order valence-electron chi connectivity index (χ0n) is 24.6. The van der Waals surface area contributed by atoms with Crippen LogP contribution < -0.4 is 24.5 Å². The number of amides is 1. The van der Waals surface area contributed by atoms with Gasteiger partial charge in [0.05, 0.1) is 22.9 Å². The van der Waals surface area contributed by atoms with Crippen molar-refractivity contribution in [3.05, 3.63) is 103 Å². The normalized spacial score (nSPS) is 17.0. The van der Waals surface area contributed by atoms with Crippen molar-refractivity contribution in [1.29, 1.82) is 0 Å². The van der Waals surface area contributed by atoms with Gasteiger partial charge in [-0.25, -0.2) is 4.99 Å². The number of fused-ring (bicyclic) bond motifs is 2. The molecular weight excluding hydrogens is 544 g/mol. The molecule has 1 aromatic heterocycles. The molecule has 4 aromatic rings. The molecule has 2 aliphatic heterocycles. The minimum atomic E-state index is -0.685. The van der Waals surface area contributed by atoms with Gasteiger partial charge in [-0.1, -0.05) is 53.8 Å². The Kier molecular flexibility index (Phi) is 7.73. The Morgan fingerprint density at radius 1 is 1.05 bits per heavy atom. The van der Waals surface area contributed by atoms with Crippen molar-refractivity contribution in [3.8, 4) is 5.75 Å². The van der Waals surface area contributed by atoms with Crippen LogP contribution in [0.2, 0.25) is 0 Å². The highest BCUT2D eigenvalue weighted by Crippen LogP contribution is 2.40. The summed E-state index contributed by atoms with van der Waals surface area (Å²) in [6.45, 7) is 9.10. The molecule has 7 nitrogen and oxygen atoms in total. The first-order chi connectivity index (χ1) is 20.4. The van der Waals surface area contributed by atoms with Crippen LogP contribution >= 0.6 is 11.3 Å². The molecule has 8 heteroatoms. The summed E-state index contributed by atoms with van der Waals surface area (Å²) in [4.78, 5) is 38.0. The molecule has 1 fully saturated rings. The van der Waals surface area contributed by atoms with Gasteiger partial charge < -0.3 is 14.5 Å². The van der Waals surface area contributed by atoms with Crippen molar-refractivity contribution in [2.24, 2.45) is 4.99 Å². The zero-order chi connectivity index (χ0) is 29.4. The number of anilines is 1. The van der Waals surface area contributed by atoms with Gasteiger partial charge in [-0.05, 0) is 74.2 Å². The maximum atomic E-state index is 14.3. The highest BCUT2D eigenvalue weighted by Gasteiger charge is 2.36. The second kappa shape index (κ2) is 11.6. The molecular formula is C34H36N4O3S. The van der Waals surface area contributed by atoms with E-state index < -0.39 is 6.04 Å². The average Bonchev–Trinajstić information content (AvgIpc) is 3.65. The third-order valence-corrected chi connectivity index (χ3v) is 9.37. The van der Waals surface area contributed by atoms with Crippen LogP contribution in [0.1, 0.15) is 50.8 Å². The van der Waals surface area contributed by atoms with Gasteiger partial charge >= 0.3 is 0 Å². The highest BCUT2D eigenvalue weighted by atomic mass is 32.1. The van der Waals surface area contributed by atoms with Crippen molar-refractivity contribution < 1.29 is 9.53 Å². The number of thiazole rings is 1. The molecule has 3 heterocycles. The lowest BCUT2D eigenvalue weighted by Crippen LogP contribution is -2.43. The van der Waals surface area contributed by atoms with E-state index in [0.29, 0.717) is 39.4 Å². The summed E-state index contributed by atoms with van der Waals surface area (Å²) >= 11 is 1.36. The number of carbonyl (C=O) groups is 1. The predicted molar refractivity (Wildman–Crippen MR) is 170 cm³/mol. The number of ether oxygens (including phenoxy) is 1. The highest BCUT2D eigenvalue weighted by molar-refractivity contribution is 7.07. The number of likely N-dealkylation sites (N-methyl/N-ethyl adjacent to an activating group) is 1. The number of hydrogen-bond acceptors (Lipinski definition) is 6. The number of methoxy groups -OCH3 is 1. The zero-order valence-corrected chi connectivity index (χ0v) is 25.4. The van der Waals surface area contributed by atoms with Gasteiger partial charge in [-0.3, -0.25) is 14.2 Å². The second-order valence-corrected chi connectivity index (χ2v) is 11.8. The van der Waals surface area contributed by atoms with Gasteiger partial charge in [0.15, 0.2) is 4.80 Å². The van der Waals surface area contributed by atoms with Gasteiger partial charge in [-0.2, -0.15) is 0 Å². The van der Waals surface area contributed by atoms with Crippen molar-refractivity contribution in [2.75, 3.05) is 38.2 Å². The van der Waals surface area contributed by atoms with E-state index in [1.54, 1.807) is 16.6 Å². The van der Waals surface area contributed by atoms with Crippen molar-refractivity contribution in [1.82, 2.24) is 9.47 Å². The van der Waals surface area contributed by atoms with Crippen LogP contribution in [0.5, 0.6) is 5.75 Å². The fourth-order valence-electron chi connectivity index (χ4n) is 6.19. The molecule has 3 aromatic carbocycles. The van der Waals surface area contributed by atoms with Gasteiger partial charge in [-0.15, -0.1) is 0 Å². The smallest absolute Gasteiger partial charge is 0.271 e. The second-order valence-electron chi connectivity index (χ2n) is 10.7. The minimum Gasteiger partial charge on any atom is -0.496 e. The Balaban J connectivity index is 1.56. The number of aromatic nitrogens is 1. The first kappa shape index (κ1) is 28.0. The number of nitrogens with zero attached hydrogens (tertiary/aromatic N) is 4. The van der Waals surface area contributed by atoms with Crippen LogP contribution in [0.25, 0.3) is 16.8 Å². The van der Waals surface area contributed by atoms with Crippen molar-refractivity contribution in [2.45, 2.75) is 39.7 Å². The standard InChI is InChI=1S/C34H36N4O3S/c1-5-36(6-2)33(40)29-22(3)35-34-38(31(29)30-26-12-8-7-11-24(26)15-18-27(30)41-4)32(39)28(42-34)21-23-13-16-25(17-14-23)37-19-9-10-20-37/h7-8,11-18,21,31H,5-6,9-10,19-20H2,1-4H3/b28-21-/t31-/m0/s1. The van der Waals surface area contributed by atoms with E-state index in [9.17, 15) is 9.59 Å². The maximum absolute atomic E-state index is 14.3. The summed E-state index contributed by atoms with van der Waals surface area (Å²) in [6.07, 6.45) is 4.38. The van der Waals surface area contributed by atoms with Gasteiger partial charge in [0.25, 0.3) is 11.5 Å². The van der Waals surface area contributed by atoms with Crippen LogP contribution in [-0.2, 0) is 4.79 Å². The van der Waals surface area contributed by atoms with Crippen molar-refractivity contribution in [3.63, 3.8) is 0 Å². The van der Waals surface area contributed by atoms with E-state index in [-0.39, 0.29) is 11.5 Å². The molecule has 1 atom stereocenters. The first-order valence-electron chi connectivity index (χ1n) is 14.7. The number of benzene rings is 3. The minimum absolute atomic E-state index is 0.118. The van der Waals surface area contributed by atoms with Crippen LogP contribution in [-0.4, -0.2) is 48.7 Å². The lowest BCUT2D eigenvalue weighted by atomic mass is 9.90. The fraction of sp³-hybridized carbons (Fsp3) is 0.324. The van der Waals surface area contributed by atoms with Crippen LogP contribution in [0.4, 0.5) is 5.69 Å². The number of hydrogen-bond donors (Lipinski definition) is 0. The van der Waals surface area contributed by atoms with Crippen LogP contribution in [0.3, 0.4) is 0 Å².